The number of aliphatic carboxylic acids is 1. The van der Waals surface area contributed by atoms with Crippen molar-refractivity contribution in [3.05, 3.63) is 48.5 Å². The molecule has 1 unspecified atom stereocenters. The van der Waals surface area contributed by atoms with Gasteiger partial charge in [0.1, 0.15) is 17.8 Å². The van der Waals surface area contributed by atoms with Gasteiger partial charge < -0.3 is 15.2 Å². The van der Waals surface area contributed by atoms with Crippen LogP contribution in [-0.4, -0.2) is 59.5 Å². The zero-order valence-electron chi connectivity index (χ0n) is 20.3. The number of nitrogens with one attached hydrogen (secondary N) is 1. The van der Waals surface area contributed by atoms with Crippen molar-refractivity contribution in [3.63, 3.8) is 0 Å². The Morgan fingerprint density at radius 1 is 1.39 bits per heavy atom. The lowest BCUT2D eigenvalue weighted by Crippen LogP contribution is -2.40. The zero-order chi connectivity index (χ0) is 25.6. The fourth-order valence-corrected chi connectivity index (χ4v) is 2.51. The Morgan fingerprint density at radius 2 is 2.00 bits per heavy atom. The Bertz CT molecular complexity index is 834. The number of aliphatic imine (C=N–C) groups is 1. The molecule has 0 saturated heterocycles. The molecule has 0 radical (unpaired) electrons. The number of ether oxygens (including phenoxy) is 1. The summed E-state index contributed by atoms with van der Waals surface area (Å²) in [6.07, 6.45) is 7.79. The minimum Gasteiger partial charge on any atom is -0.477 e. The Labute approximate surface area is 196 Å². The van der Waals surface area contributed by atoms with E-state index in [4.69, 9.17) is 9.84 Å². The van der Waals surface area contributed by atoms with Crippen LogP contribution in [0.3, 0.4) is 0 Å². The van der Waals surface area contributed by atoms with Gasteiger partial charge in [0.25, 0.3) is 5.91 Å². The van der Waals surface area contributed by atoms with Crippen molar-refractivity contribution in [2.24, 2.45) is 10.1 Å². The first-order valence-corrected chi connectivity index (χ1v) is 10.5. The highest BCUT2D eigenvalue weighted by Crippen LogP contribution is 2.20. The molecule has 9 heteroatoms. The highest BCUT2D eigenvalue weighted by Gasteiger charge is 2.27. The first-order valence-electron chi connectivity index (χ1n) is 10.5. The van der Waals surface area contributed by atoms with E-state index in [1.54, 1.807) is 13.2 Å². The third-order valence-corrected chi connectivity index (χ3v) is 4.46. The molecule has 182 valence electrons. The first-order chi connectivity index (χ1) is 15.4. The molecule has 0 spiro atoms. The van der Waals surface area contributed by atoms with Crippen LogP contribution in [0.2, 0.25) is 0 Å². The van der Waals surface area contributed by atoms with Crippen molar-refractivity contribution >= 4 is 30.6 Å². The molecular formula is C24H36N4O5. The summed E-state index contributed by atoms with van der Waals surface area (Å²) in [6, 6.07) is -0.202. The number of carboxylic acids is 1. The minimum absolute atomic E-state index is 0.00931. The molecule has 1 amide bonds. The zero-order valence-corrected chi connectivity index (χ0v) is 20.3. The van der Waals surface area contributed by atoms with Gasteiger partial charge in [0, 0.05) is 25.9 Å². The molecule has 1 atom stereocenters. The van der Waals surface area contributed by atoms with Crippen molar-refractivity contribution in [2.45, 2.75) is 65.0 Å². The highest BCUT2D eigenvalue weighted by molar-refractivity contribution is 6.41. The van der Waals surface area contributed by atoms with Gasteiger partial charge >= 0.3 is 5.97 Å². The van der Waals surface area contributed by atoms with Crippen LogP contribution < -0.4 is 5.32 Å². The summed E-state index contributed by atoms with van der Waals surface area (Å²) in [4.78, 5) is 38.1. The van der Waals surface area contributed by atoms with Crippen LogP contribution in [0.25, 0.3) is 0 Å². The number of carboxylic acid groups (broad SMARTS) is 1. The average Bonchev–Trinajstić information content (AvgIpc) is 2.73. The molecule has 2 N–H and O–H groups in total. The van der Waals surface area contributed by atoms with Gasteiger partial charge in [-0.15, -0.1) is 6.58 Å². The van der Waals surface area contributed by atoms with Crippen LogP contribution in [0, 0.1) is 0 Å². The number of hydrogen-bond donors (Lipinski definition) is 2. The second-order valence-corrected chi connectivity index (χ2v) is 8.25. The number of hydrogen-bond acceptors (Lipinski definition) is 7. The highest BCUT2D eigenvalue weighted by atomic mass is 16.5. The Morgan fingerprint density at radius 3 is 2.45 bits per heavy atom. The van der Waals surface area contributed by atoms with E-state index in [1.807, 2.05) is 27.7 Å². The fraction of sp³-hybridized carbons (Fsp3) is 0.458. The summed E-state index contributed by atoms with van der Waals surface area (Å²) in [5.41, 5.74) is 0.678. The van der Waals surface area contributed by atoms with Gasteiger partial charge in [-0.25, -0.2) is 14.8 Å². The monoisotopic (exact) mass is 460 g/mol. The van der Waals surface area contributed by atoms with E-state index < -0.39 is 11.9 Å². The van der Waals surface area contributed by atoms with Crippen molar-refractivity contribution in [1.82, 2.24) is 10.3 Å². The number of carbonyl (C=O) groups is 3. The van der Waals surface area contributed by atoms with Crippen LogP contribution in [0.4, 0.5) is 0 Å². The van der Waals surface area contributed by atoms with Gasteiger partial charge in [0.15, 0.2) is 5.71 Å². The van der Waals surface area contributed by atoms with Gasteiger partial charge in [-0.3, -0.25) is 9.59 Å². The molecule has 1 aliphatic rings. The van der Waals surface area contributed by atoms with Gasteiger partial charge in [0.2, 0.25) is 0 Å². The van der Waals surface area contributed by atoms with E-state index >= 15 is 0 Å². The molecule has 33 heavy (non-hydrogen) atoms. The molecular weight excluding hydrogens is 424 g/mol. The quantitative estimate of drug-likeness (QED) is 0.210. The molecule has 0 aromatic heterocycles. The van der Waals surface area contributed by atoms with E-state index in [2.05, 4.69) is 35.3 Å². The lowest BCUT2D eigenvalue weighted by molar-refractivity contribution is -0.129. The second-order valence-electron chi connectivity index (χ2n) is 8.25. The molecule has 1 rings (SSSR count). The topological polar surface area (TPSA) is 121 Å². The van der Waals surface area contributed by atoms with Crippen molar-refractivity contribution in [1.29, 1.82) is 0 Å². The lowest BCUT2D eigenvalue weighted by atomic mass is 10.0. The summed E-state index contributed by atoms with van der Waals surface area (Å²) in [7, 11) is 1.71. The standard InChI is InChI=1S/C19H24N4O4.C5H12O/c1-5-7-15(9-6-8-13(2)10-11-24)22-18(25)17-12-16(19(26)27)21-14(3)23(17)20-4;1-5(2,3)6-4/h5,10-12,15H,1,3-4,6-9H2,2H3,(H,22,25)(H,26,27);1-4H3/b13-10+;. The van der Waals surface area contributed by atoms with Crippen molar-refractivity contribution < 1.29 is 24.2 Å². The van der Waals surface area contributed by atoms with E-state index in [1.165, 1.54) is 6.08 Å². The summed E-state index contributed by atoms with van der Waals surface area (Å²) in [5, 5.41) is 16.8. The smallest absolute Gasteiger partial charge is 0.354 e. The van der Waals surface area contributed by atoms with Crippen LogP contribution in [0.15, 0.2) is 58.6 Å². The molecule has 0 fully saturated rings. The van der Waals surface area contributed by atoms with Crippen LogP contribution in [-0.2, 0) is 19.1 Å². The predicted octanol–water partition coefficient (Wildman–Crippen LogP) is 3.61. The normalized spacial score (nSPS) is 14.8. The number of allylic oxidation sites excluding steroid dienone is 2. The Hall–Kier alpha value is -3.33. The molecule has 0 bridgehead atoms. The predicted molar refractivity (Wildman–Crippen MR) is 131 cm³/mol. The van der Waals surface area contributed by atoms with Gasteiger partial charge in [-0.1, -0.05) is 18.2 Å². The Balaban J connectivity index is 0.00000150. The van der Waals surface area contributed by atoms with E-state index in [0.29, 0.717) is 12.8 Å². The van der Waals surface area contributed by atoms with Crippen LogP contribution >= 0.6 is 0 Å². The lowest BCUT2D eigenvalue weighted by Gasteiger charge is -2.26. The maximum absolute atomic E-state index is 12.7. The summed E-state index contributed by atoms with van der Waals surface area (Å²) >= 11 is 0. The van der Waals surface area contributed by atoms with E-state index in [0.717, 1.165) is 35.8 Å². The number of carbonyl (C=O) groups excluding carboxylic acids is 2. The first kappa shape index (κ1) is 29.7. The number of amides is 1. The molecule has 1 heterocycles. The number of nitrogens with zero attached hydrogens (tertiary/aromatic N) is 3. The number of aldehydes is 1. The summed E-state index contributed by atoms with van der Waals surface area (Å²) in [6.45, 7) is 18.6. The SMILES string of the molecule is C=CCC(CCC/C(C)=C/C=O)NC(=O)C1=CC(C(=O)O)=NC(=C)N1N=C.COC(C)(C)C. The average molecular weight is 461 g/mol. The molecule has 0 aliphatic carbocycles. The number of rotatable bonds is 11. The maximum atomic E-state index is 12.7. The Kier molecular flexibility index (Phi) is 13.2. The van der Waals surface area contributed by atoms with Crippen molar-refractivity contribution in [3.8, 4) is 0 Å². The largest absolute Gasteiger partial charge is 0.477 e. The van der Waals surface area contributed by atoms with Crippen LogP contribution in [0.5, 0.6) is 0 Å². The van der Waals surface area contributed by atoms with E-state index in [9.17, 15) is 14.4 Å². The molecule has 0 aromatic rings. The second kappa shape index (κ2) is 14.7. The molecule has 0 saturated carbocycles. The maximum Gasteiger partial charge on any atom is 0.354 e. The third-order valence-electron chi connectivity index (χ3n) is 4.46. The van der Waals surface area contributed by atoms with Gasteiger partial charge in [-0.05, 0) is 59.5 Å². The van der Waals surface area contributed by atoms with Crippen molar-refractivity contribution in [2.75, 3.05) is 7.11 Å². The van der Waals surface area contributed by atoms with Gasteiger partial charge in [-0.2, -0.15) is 5.10 Å². The third kappa shape index (κ3) is 11.7. The molecule has 0 aromatic carbocycles. The van der Waals surface area contributed by atoms with Crippen LogP contribution in [0.1, 0.15) is 53.4 Å². The van der Waals surface area contributed by atoms with E-state index in [-0.39, 0.29) is 28.9 Å². The summed E-state index contributed by atoms with van der Waals surface area (Å²) < 4.78 is 4.94. The molecule has 9 nitrogen and oxygen atoms in total. The number of methoxy groups -OCH3 is 1. The number of hydrazone groups is 1. The summed E-state index contributed by atoms with van der Waals surface area (Å²) in [5.74, 6) is -1.79. The molecule has 1 aliphatic heterocycles. The van der Waals surface area contributed by atoms with Gasteiger partial charge in [0.05, 0.1) is 5.60 Å². The fourth-order valence-electron chi connectivity index (χ4n) is 2.51. The minimum atomic E-state index is -1.27.